The molecule has 78 valence electrons. The van der Waals surface area contributed by atoms with Gasteiger partial charge in [-0.05, 0) is 31.4 Å². The molecule has 0 radical (unpaired) electrons. The lowest BCUT2D eigenvalue weighted by molar-refractivity contribution is 0.0971. The van der Waals surface area contributed by atoms with Crippen LogP contribution in [-0.2, 0) is 11.3 Å². The summed E-state index contributed by atoms with van der Waals surface area (Å²) >= 11 is 0. The predicted molar refractivity (Wildman–Crippen MR) is 56.0 cm³/mol. The van der Waals surface area contributed by atoms with Crippen LogP contribution in [0, 0.1) is 0 Å². The molecule has 14 heavy (non-hydrogen) atoms. The van der Waals surface area contributed by atoms with Gasteiger partial charge in [0.2, 0.25) is 0 Å². The van der Waals surface area contributed by atoms with Gasteiger partial charge in [-0.2, -0.15) is 0 Å². The summed E-state index contributed by atoms with van der Waals surface area (Å²) in [7, 11) is 0. The molecule has 0 saturated carbocycles. The standard InChI is InChI=1S/C11H18N2O/c1-9(12)10-4-5-13(7-10)8-11-3-2-6-14-11/h4-5,7,9,11H,2-3,6,8,12H2,1H3. The molecule has 0 aromatic carbocycles. The van der Waals surface area contributed by atoms with Crippen molar-refractivity contribution in [1.82, 2.24) is 4.57 Å². The minimum absolute atomic E-state index is 0.126. The normalized spacial score (nSPS) is 24.0. The summed E-state index contributed by atoms with van der Waals surface area (Å²) in [5.41, 5.74) is 6.99. The van der Waals surface area contributed by atoms with Gasteiger partial charge in [-0.15, -0.1) is 0 Å². The third kappa shape index (κ3) is 2.16. The second-order valence-electron chi connectivity index (χ2n) is 4.07. The molecule has 1 fully saturated rings. The first kappa shape index (κ1) is 9.74. The molecule has 2 N–H and O–H groups in total. The zero-order valence-electron chi connectivity index (χ0n) is 8.65. The molecule has 3 heteroatoms. The molecule has 0 spiro atoms. The summed E-state index contributed by atoms with van der Waals surface area (Å²) in [6, 6.07) is 2.21. The molecule has 1 aliphatic heterocycles. The zero-order chi connectivity index (χ0) is 9.97. The van der Waals surface area contributed by atoms with Crippen molar-refractivity contribution in [2.24, 2.45) is 5.73 Å². The van der Waals surface area contributed by atoms with Crippen molar-refractivity contribution in [3.63, 3.8) is 0 Å². The smallest absolute Gasteiger partial charge is 0.0754 e. The van der Waals surface area contributed by atoms with Crippen LogP contribution in [0.3, 0.4) is 0 Å². The molecule has 1 saturated heterocycles. The molecule has 2 rings (SSSR count). The summed E-state index contributed by atoms with van der Waals surface area (Å²) in [6.45, 7) is 3.89. The van der Waals surface area contributed by atoms with E-state index in [4.69, 9.17) is 10.5 Å². The van der Waals surface area contributed by atoms with Crippen molar-refractivity contribution in [3.05, 3.63) is 24.0 Å². The molecule has 2 unspecified atom stereocenters. The van der Waals surface area contributed by atoms with E-state index in [0.29, 0.717) is 6.10 Å². The second-order valence-corrected chi connectivity index (χ2v) is 4.07. The van der Waals surface area contributed by atoms with E-state index in [1.807, 2.05) is 6.92 Å². The topological polar surface area (TPSA) is 40.2 Å². The van der Waals surface area contributed by atoms with Gasteiger partial charge in [0.1, 0.15) is 0 Å². The summed E-state index contributed by atoms with van der Waals surface area (Å²) in [4.78, 5) is 0. The molecule has 0 amide bonds. The van der Waals surface area contributed by atoms with Crippen LogP contribution in [-0.4, -0.2) is 17.3 Å². The van der Waals surface area contributed by atoms with Gasteiger partial charge in [0.05, 0.1) is 6.10 Å². The maximum absolute atomic E-state index is 5.79. The van der Waals surface area contributed by atoms with Crippen LogP contribution in [0.15, 0.2) is 18.5 Å². The highest BCUT2D eigenvalue weighted by Crippen LogP contribution is 2.16. The molecule has 2 heterocycles. The van der Waals surface area contributed by atoms with Crippen LogP contribution in [0.4, 0.5) is 0 Å². The Bertz CT molecular complexity index is 287. The zero-order valence-corrected chi connectivity index (χ0v) is 8.65. The Kier molecular flexibility index (Phi) is 2.89. The van der Waals surface area contributed by atoms with Crippen LogP contribution in [0.25, 0.3) is 0 Å². The Morgan fingerprint density at radius 2 is 2.57 bits per heavy atom. The van der Waals surface area contributed by atoms with Gasteiger partial charge >= 0.3 is 0 Å². The molecule has 0 bridgehead atoms. The number of rotatable bonds is 3. The van der Waals surface area contributed by atoms with Gasteiger partial charge in [0, 0.05) is 31.6 Å². The first-order chi connectivity index (χ1) is 6.75. The SMILES string of the molecule is CC(N)c1ccn(CC2CCCO2)c1. The van der Waals surface area contributed by atoms with Crippen LogP contribution >= 0.6 is 0 Å². The quantitative estimate of drug-likeness (QED) is 0.795. The van der Waals surface area contributed by atoms with Crippen molar-refractivity contribution in [2.75, 3.05) is 6.61 Å². The van der Waals surface area contributed by atoms with Crippen molar-refractivity contribution in [3.8, 4) is 0 Å². The lowest BCUT2D eigenvalue weighted by atomic mass is 10.2. The van der Waals surface area contributed by atoms with E-state index < -0.39 is 0 Å². The minimum atomic E-state index is 0.126. The maximum Gasteiger partial charge on any atom is 0.0754 e. The highest BCUT2D eigenvalue weighted by Gasteiger charge is 2.15. The second kappa shape index (κ2) is 4.15. The molecule has 1 aliphatic rings. The molecular formula is C11H18N2O. The largest absolute Gasteiger partial charge is 0.376 e. The number of aromatic nitrogens is 1. The number of nitrogens with zero attached hydrogens (tertiary/aromatic N) is 1. The lowest BCUT2D eigenvalue weighted by Crippen LogP contribution is -2.13. The molecule has 3 nitrogen and oxygen atoms in total. The number of ether oxygens (including phenoxy) is 1. The monoisotopic (exact) mass is 194 g/mol. The van der Waals surface area contributed by atoms with Crippen LogP contribution in [0.2, 0.25) is 0 Å². The van der Waals surface area contributed by atoms with E-state index in [9.17, 15) is 0 Å². The highest BCUT2D eigenvalue weighted by atomic mass is 16.5. The summed E-state index contributed by atoms with van der Waals surface area (Å²) in [5, 5.41) is 0. The molecule has 1 aromatic rings. The average molecular weight is 194 g/mol. The summed E-state index contributed by atoms with van der Waals surface area (Å²) < 4.78 is 7.75. The molecule has 0 aliphatic carbocycles. The van der Waals surface area contributed by atoms with Gasteiger partial charge in [-0.3, -0.25) is 0 Å². The van der Waals surface area contributed by atoms with E-state index in [1.54, 1.807) is 0 Å². The van der Waals surface area contributed by atoms with Crippen molar-refractivity contribution in [2.45, 2.75) is 38.5 Å². The first-order valence-electron chi connectivity index (χ1n) is 5.28. The predicted octanol–water partition coefficient (Wildman–Crippen LogP) is 1.69. The summed E-state index contributed by atoms with van der Waals surface area (Å²) in [6.07, 6.45) is 6.99. The van der Waals surface area contributed by atoms with Crippen molar-refractivity contribution < 1.29 is 4.74 Å². The molecule has 2 atom stereocenters. The lowest BCUT2D eigenvalue weighted by Gasteiger charge is -2.10. The van der Waals surface area contributed by atoms with E-state index >= 15 is 0 Å². The first-order valence-corrected chi connectivity index (χ1v) is 5.28. The molecular weight excluding hydrogens is 176 g/mol. The van der Waals surface area contributed by atoms with Crippen LogP contribution < -0.4 is 5.73 Å². The fourth-order valence-corrected chi connectivity index (χ4v) is 1.87. The Balaban J connectivity index is 1.95. The Hall–Kier alpha value is -0.800. The van der Waals surface area contributed by atoms with Crippen molar-refractivity contribution in [1.29, 1.82) is 0 Å². The Morgan fingerprint density at radius 3 is 3.14 bits per heavy atom. The number of nitrogens with two attached hydrogens (primary N) is 1. The molecule has 1 aromatic heterocycles. The van der Waals surface area contributed by atoms with E-state index in [1.165, 1.54) is 18.4 Å². The van der Waals surface area contributed by atoms with Crippen LogP contribution in [0.5, 0.6) is 0 Å². The number of hydrogen-bond donors (Lipinski definition) is 1. The van der Waals surface area contributed by atoms with E-state index in [2.05, 4.69) is 23.0 Å². The van der Waals surface area contributed by atoms with E-state index in [-0.39, 0.29) is 6.04 Å². The van der Waals surface area contributed by atoms with Crippen LogP contribution in [0.1, 0.15) is 31.4 Å². The highest BCUT2D eigenvalue weighted by molar-refractivity contribution is 5.13. The van der Waals surface area contributed by atoms with Crippen molar-refractivity contribution >= 4 is 0 Å². The Labute approximate surface area is 84.9 Å². The Morgan fingerprint density at radius 1 is 1.71 bits per heavy atom. The van der Waals surface area contributed by atoms with Gasteiger partial charge in [-0.1, -0.05) is 0 Å². The number of hydrogen-bond acceptors (Lipinski definition) is 2. The fourth-order valence-electron chi connectivity index (χ4n) is 1.87. The van der Waals surface area contributed by atoms with E-state index in [0.717, 1.165) is 13.2 Å². The van der Waals surface area contributed by atoms with Gasteiger partial charge < -0.3 is 15.0 Å². The van der Waals surface area contributed by atoms with Gasteiger partial charge in [0.15, 0.2) is 0 Å². The summed E-state index contributed by atoms with van der Waals surface area (Å²) in [5.74, 6) is 0. The van der Waals surface area contributed by atoms with Gasteiger partial charge in [0.25, 0.3) is 0 Å². The van der Waals surface area contributed by atoms with Gasteiger partial charge in [-0.25, -0.2) is 0 Å². The third-order valence-corrected chi connectivity index (χ3v) is 2.74. The minimum Gasteiger partial charge on any atom is -0.376 e. The maximum atomic E-state index is 5.79. The fraction of sp³-hybridized carbons (Fsp3) is 0.636. The average Bonchev–Trinajstić information content (AvgIpc) is 2.75. The third-order valence-electron chi connectivity index (χ3n) is 2.74.